The molecule has 0 fully saturated rings. The third-order valence-electron chi connectivity index (χ3n) is 6.22. The molecule has 0 aliphatic carbocycles. The van der Waals surface area contributed by atoms with Gasteiger partial charge in [-0.05, 0) is 76.5 Å². The summed E-state index contributed by atoms with van der Waals surface area (Å²) < 4.78 is 0. The Morgan fingerprint density at radius 2 is 0.897 bits per heavy atom. The highest BCUT2D eigenvalue weighted by Gasteiger charge is 2.09. The highest BCUT2D eigenvalue weighted by atomic mass is 79.9. The van der Waals surface area contributed by atoms with Crippen molar-refractivity contribution in [3.8, 4) is 0 Å². The molecule has 0 aliphatic heterocycles. The Morgan fingerprint density at radius 1 is 0.517 bits per heavy atom. The minimum Gasteiger partial charge on any atom is -0.316 e. The fourth-order valence-corrected chi connectivity index (χ4v) is 4.75. The Bertz CT molecular complexity index is 303. The van der Waals surface area contributed by atoms with Gasteiger partial charge in [0.15, 0.2) is 0 Å². The monoisotopic (exact) mass is 538 g/mol. The van der Waals surface area contributed by atoms with Crippen molar-refractivity contribution in [1.29, 1.82) is 0 Å². The Kier molecular flexibility index (Phi) is 25.9. The van der Waals surface area contributed by atoms with E-state index in [1.165, 1.54) is 128 Å². The third kappa shape index (κ3) is 21.9. The van der Waals surface area contributed by atoms with Crippen molar-refractivity contribution in [2.24, 2.45) is 11.8 Å². The maximum atomic E-state index is 3.73. The molecule has 0 saturated carbocycles. The van der Waals surface area contributed by atoms with Crippen LogP contribution in [-0.4, -0.2) is 36.8 Å². The zero-order valence-corrected chi connectivity index (χ0v) is 22.9. The van der Waals surface area contributed by atoms with Crippen LogP contribution in [0.15, 0.2) is 0 Å². The summed E-state index contributed by atoms with van der Waals surface area (Å²) in [6, 6.07) is 0. The second kappa shape index (κ2) is 25.1. The van der Waals surface area contributed by atoms with E-state index in [0.29, 0.717) is 0 Å². The topological polar surface area (TPSA) is 24.1 Å². The van der Waals surface area contributed by atoms with E-state index >= 15 is 0 Å². The van der Waals surface area contributed by atoms with Gasteiger partial charge in [-0.3, -0.25) is 0 Å². The van der Waals surface area contributed by atoms with Crippen LogP contribution in [0.4, 0.5) is 0 Å². The number of hydrogen-bond donors (Lipinski definition) is 2. The van der Waals surface area contributed by atoms with E-state index < -0.39 is 0 Å². The molecule has 0 aromatic heterocycles. The molecule has 0 heterocycles. The van der Waals surface area contributed by atoms with Gasteiger partial charge in [-0.25, -0.2) is 0 Å². The molecule has 2 atom stereocenters. The molecular formula is C25H52Br2N2. The highest BCUT2D eigenvalue weighted by molar-refractivity contribution is 9.09. The van der Waals surface area contributed by atoms with Crippen molar-refractivity contribution in [1.82, 2.24) is 10.6 Å². The molecule has 0 amide bonds. The zero-order valence-electron chi connectivity index (χ0n) is 19.8. The van der Waals surface area contributed by atoms with Gasteiger partial charge in [-0.2, -0.15) is 0 Å². The summed E-state index contributed by atoms with van der Waals surface area (Å²) in [5.74, 6) is 1.74. The van der Waals surface area contributed by atoms with Crippen LogP contribution in [0.3, 0.4) is 0 Å². The van der Waals surface area contributed by atoms with Gasteiger partial charge in [0.2, 0.25) is 0 Å². The van der Waals surface area contributed by atoms with Crippen molar-refractivity contribution in [3.05, 3.63) is 0 Å². The van der Waals surface area contributed by atoms with E-state index in [1.807, 2.05) is 0 Å². The maximum Gasteiger partial charge on any atom is 0.00313 e. The lowest BCUT2D eigenvalue weighted by molar-refractivity contribution is 0.366. The highest BCUT2D eigenvalue weighted by Crippen LogP contribution is 2.17. The average Bonchev–Trinajstić information content (AvgIpc) is 2.74. The second-order valence-corrected chi connectivity index (χ2v) is 10.4. The van der Waals surface area contributed by atoms with Gasteiger partial charge < -0.3 is 10.6 Å². The zero-order chi connectivity index (χ0) is 21.4. The van der Waals surface area contributed by atoms with Crippen LogP contribution in [0.1, 0.15) is 110 Å². The smallest absolute Gasteiger partial charge is 0.00313 e. The lowest BCUT2D eigenvalue weighted by Crippen LogP contribution is -2.25. The fourth-order valence-electron chi connectivity index (χ4n) is 3.96. The molecule has 2 N–H and O–H groups in total. The van der Waals surface area contributed by atoms with Crippen molar-refractivity contribution < 1.29 is 0 Å². The first-order valence-corrected chi connectivity index (χ1v) is 15.1. The van der Waals surface area contributed by atoms with Gasteiger partial charge in [0.1, 0.15) is 0 Å². The summed E-state index contributed by atoms with van der Waals surface area (Å²) in [4.78, 5) is 0. The molecule has 2 nitrogen and oxygen atoms in total. The quantitative estimate of drug-likeness (QED) is 0.0956. The standard InChI is InChI=1S/C25H52Br2N2/c1-3-24(22-28-20-13-9-6-5-7-11-18-26)16-15-17-25(4-2)23-29-21-14-10-8-12-19-27/h24-25,28-29H,3-23H2,1-2H3. The van der Waals surface area contributed by atoms with Crippen LogP contribution in [0.2, 0.25) is 0 Å². The van der Waals surface area contributed by atoms with Crippen LogP contribution < -0.4 is 10.6 Å². The number of halogens is 2. The minimum atomic E-state index is 0.868. The number of hydrogen-bond acceptors (Lipinski definition) is 2. The summed E-state index contributed by atoms with van der Waals surface area (Å²) in [6.07, 6.45) is 20.5. The van der Waals surface area contributed by atoms with Gasteiger partial charge in [0.25, 0.3) is 0 Å². The van der Waals surface area contributed by atoms with Crippen LogP contribution in [-0.2, 0) is 0 Å². The molecule has 0 aromatic carbocycles. The number of alkyl halides is 2. The van der Waals surface area contributed by atoms with Crippen LogP contribution in [0, 0.1) is 11.8 Å². The molecule has 0 spiro atoms. The first kappa shape index (κ1) is 29.9. The molecule has 0 aromatic rings. The Balaban J connectivity index is 3.58. The second-order valence-electron chi connectivity index (χ2n) is 8.80. The molecule has 0 aliphatic rings. The lowest BCUT2D eigenvalue weighted by Gasteiger charge is -2.19. The summed E-state index contributed by atoms with van der Waals surface area (Å²) in [6.45, 7) is 9.60. The maximum absolute atomic E-state index is 3.73. The van der Waals surface area contributed by atoms with Crippen LogP contribution in [0.5, 0.6) is 0 Å². The molecule has 0 rings (SSSR count). The van der Waals surface area contributed by atoms with Crippen molar-refractivity contribution in [2.75, 3.05) is 36.8 Å². The molecule has 29 heavy (non-hydrogen) atoms. The van der Waals surface area contributed by atoms with Crippen molar-refractivity contribution in [2.45, 2.75) is 110 Å². The molecule has 176 valence electrons. The third-order valence-corrected chi connectivity index (χ3v) is 7.34. The Labute approximate surface area is 200 Å². The van der Waals surface area contributed by atoms with Gasteiger partial charge >= 0.3 is 0 Å². The van der Waals surface area contributed by atoms with E-state index in [0.717, 1.165) is 17.2 Å². The predicted molar refractivity (Wildman–Crippen MR) is 141 cm³/mol. The molecule has 0 saturated heterocycles. The van der Waals surface area contributed by atoms with Gasteiger partial charge in [0, 0.05) is 10.7 Å². The Morgan fingerprint density at radius 3 is 1.28 bits per heavy atom. The fraction of sp³-hybridized carbons (Fsp3) is 1.00. The largest absolute Gasteiger partial charge is 0.316 e. The van der Waals surface area contributed by atoms with Crippen molar-refractivity contribution >= 4 is 31.9 Å². The van der Waals surface area contributed by atoms with E-state index in [4.69, 9.17) is 0 Å². The van der Waals surface area contributed by atoms with Crippen molar-refractivity contribution in [3.63, 3.8) is 0 Å². The molecule has 4 heteroatoms. The predicted octanol–water partition coefficient (Wildman–Crippen LogP) is 8.08. The summed E-state index contributed by atoms with van der Waals surface area (Å²) in [5.41, 5.74) is 0. The summed E-state index contributed by atoms with van der Waals surface area (Å²) >= 11 is 7.02. The van der Waals surface area contributed by atoms with E-state index in [9.17, 15) is 0 Å². The number of rotatable bonds is 24. The van der Waals surface area contributed by atoms with Crippen LogP contribution >= 0.6 is 31.9 Å². The number of nitrogens with one attached hydrogen (secondary N) is 2. The first-order chi connectivity index (χ1) is 14.3. The van der Waals surface area contributed by atoms with Gasteiger partial charge in [-0.1, -0.05) is 103 Å². The Hall–Kier alpha value is 0.880. The number of unbranched alkanes of at least 4 members (excludes halogenated alkanes) is 8. The molecule has 0 radical (unpaired) electrons. The van der Waals surface area contributed by atoms with Gasteiger partial charge in [0.05, 0.1) is 0 Å². The van der Waals surface area contributed by atoms with Crippen LogP contribution in [0.25, 0.3) is 0 Å². The first-order valence-electron chi connectivity index (χ1n) is 12.8. The summed E-state index contributed by atoms with van der Waals surface area (Å²) in [7, 11) is 0. The lowest BCUT2D eigenvalue weighted by atomic mass is 9.93. The van der Waals surface area contributed by atoms with E-state index in [1.54, 1.807) is 0 Å². The average molecular weight is 541 g/mol. The molecule has 0 bridgehead atoms. The minimum absolute atomic E-state index is 0.868. The van der Waals surface area contributed by atoms with E-state index in [-0.39, 0.29) is 0 Å². The molecular weight excluding hydrogens is 488 g/mol. The summed E-state index contributed by atoms with van der Waals surface area (Å²) in [5, 5.41) is 9.76. The SMILES string of the molecule is CCC(CCCC(CC)CNCCCCCCCCBr)CNCCCCCCBr. The normalized spacial score (nSPS) is 13.7. The van der Waals surface area contributed by atoms with Gasteiger partial charge in [-0.15, -0.1) is 0 Å². The van der Waals surface area contributed by atoms with E-state index in [2.05, 4.69) is 56.3 Å². The molecule has 2 unspecified atom stereocenters.